The molecule has 3 rings (SSSR count). The van der Waals surface area contributed by atoms with Crippen molar-refractivity contribution in [3.8, 4) is 5.75 Å². The molecule has 2 unspecified atom stereocenters. The zero-order valence-corrected chi connectivity index (χ0v) is 17.1. The fraction of sp³-hybridized carbons (Fsp3) is 0.348. The van der Waals surface area contributed by atoms with E-state index in [2.05, 4.69) is 10.3 Å². The van der Waals surface area contributed by atoms with Gasteiger partial charge in [-0.2, -0.15) is 0 Å². The lowest BCUT2D eigenvalue weighted by Crippen LogP contribution is -2.52. The number of halogens is 4. The van der Waals surface area contributed by atoms with E-state index in [0.29, 0.717) is 11.2 Å². The number of alkyl halides is 3. The van der Waals surface area contributed by atoms with Crippen LogP contribution in [0, 0.1) is 5.82 Å². The number of hydrogen-bond acceptors (Lipinski definition) is 4. The molecule has 3 aromatic rings. The minimum atomic E-state index is -3.44. The highest BCUT2D eigenvalue weighted by atomic mass is 19.3. The van der Waals surface area contributed by atoms with Crippen molar-refractivity contribution in [2.24, 2.45) is 0 Å². The van der Waals surface area contributed by atoms with Crippen molar-refractivity contribution in [1.29, 1.82) is 0 Å². The number of nitrogens with one attached hydrogen (secondary N) is 1. The fourth-order valence-corrected chi connectivity index (χ4v) is 3.90. The van der Waals surface area contributed by atoms with E-state index in [4.69, 9.17) is 0 Å². The summed E-state index contributed by atoms with van der Waals surface area (Å²) in [5, 5.41) is 24.8. The first-order valence-electron chi connectivity index (χ1n) is 9.75. The maximum absolute atomic E-state index is 14.6. The minimum Gasteiger partial charge on any atom is -0.508 e. The molecule has 1 aromatic heterocycles. The van der Waals surface area contributed by atoms with E-state index in [-0.39, 0.29) is 11.3 Å². The van der Waals surface area contributed by atoms with Crippen LogP contribution in [0.25, 0.3) is 10.9 Å². The Hall–Kier alpha value is -2.87. The Morgan fingerprint density at radius 2 is 1.77 bits per heavy atom. The lowest BCUT2D eigenvalue weighted by Gasteiger charge is -2.39. The van der Waals surface area contributed by atoms with Gasteiger partial charge in [0.1, 0.15) is 17.2 Å². The van der Waals surface area contributed by atoms with Crippen LogP contribution < -0.4 is 5.32 Å². The van der Waals surface area contributed by atoms with Crippen molar-refractivity contribution < 1.29 is 27.8 Å². The van der Waals surface area contributed by atoms with Crippen LogP contribution in [-0.4, -0.2) is 39.9 Å². The molecule has 2 atom stereocenters. The maximum atomic E-state index is 14.6. The second kappa shape index (κ2) is 8.70. The molecule has 1 heterocycles. The Balaban J connectivity index is 1.93. The number of aromatic hydroxyl groups is 1. The molecule has 4 nitrogen and oxygen atoms in total. The van der Waals surface area contributed by atoms with Gasteiger partial charge in [0.25, 0.3) is 6.43 Å². The van der Waals surface area contributed by atoms with Gasteiger partial charge < -0.3 is 15.5 Å². The molecule has 166 valence electrons. The summed E-state index contributed by atoms with van der Waals surface area (Å²) in [6, 6.07) is 12.0. The molecule has 0 aliphatic heterocycles. The molecular formula is C23H24F4N2O2. The number of pyridine rings is 1. The molecule has 2 aromatic carbocycles. The summed E-state index contributed by atoms with van der Waals surface area (Å²) in [6.07, 6.45) is -5.26. The van der Waals surface area contributed by atoms with Crippen LogP contribution in [0.1, 0.15) is 25.8 Å². The van der Waals surface area contributed by atoms with E-state index in [1.165, 1.54) is 13.8 Å². The number of phenolic OH excluding ortho intramolecular Hbond substituents is 1. The number of fused-ring (bicyclic) bond motifs is 1. The summed E-state index contributed by atoms with van der Waals surface area (Å²) in [4.78, 5) is 4.24. The third kappa shape index (κ3) is 4.90. The predicted octanol–water partition coefficient (Wildman–Crippen LogP) is 5.19. The summed E-state index contributed by atoms with van der Waals surface area (Å²) in [6.45, 7) is 2.49. The van der Waals surface area contributed by atoms with Crippen LogP contribution in [0.15, 0.2) is 54.7 Å². The topological polar surface area (TPSA) is 65.4 Å². The average Bonchev–Trinajstić information content (AvgIpc) is 2.73. The number of hydrogen-bond donors (Lipinski definition) is 3. The molecule has 0 aliphatic rings. The van der Waals surface area contributed by atoms with Gasteiger partial charge in [-0.05, 0) is 42.2 Å². The van der Waals surface area contributed by atoms with Gasteiger partial charge in [-0.25, -0.2) is 17.6 Å². The summed E-state index contributed by atoms with van der Waals surface area (Å²) >= 11 is 0. The minimum absolute atomic E-state index is 0.0826. The number of aliphatic hydroxyl groups is 1. The second-order valence-electron chi connectivity index (χ2n) is 8.30. The lowest BCUT2D eigenvalue weighted by atomic mass is 9.73. The van der Waals surface area contributed by atoms with Crippen LogP contribution >= 0.6 is 0 Å². The van der Waals surface area contributed by atoms with E-state index in [1.54, 1.807) is 24.4 Å². The Bertz CT molecular complexity index is 1060. The summed E-state index contributed by atoms with van der Waals surface area (Å²) in [5.41, 5.74) is -2.67. The number of aromatic nitrogens is 1. The zero-order valence-electron chi connectivity index (χ0n) is 17.1. The van der Waals surface area contributed by atoms with Crippen molar-refractivity contribution in [3.63, 3.8) is 0 Å². The van der Waals surface area contributed by atoms with Gasteiger partial charge in [0, 0.05) is 23.7 Å². The van der Waals surface area contributed by atoms with Gasteiger partial charge in [-0.3, -0.25) is 4.98 Å². The highest BCUT2D eigenvalue weighted by Crippen LogP contribution is 2.40. The standard InChI is InChI=1S/C23H24F4N2O2/c1-22(2,16-11-15(24)8-9-18(16)30)12-23(31,20(25)21(26)27)13-29-17-7-3-5-14-6-4-10-28-19(14)17/h3-11,20-21,29-31H,12-13H2,1-2H3. The highest BCUT2D eigenvalue weighted by Gasteiger charge is 2.47. The van der Waals surface area contributed by atoms with Crippen molar-refractivity contribution >= 4 is 16.6 Å². The number of nitrogens with zero attached hydrogens (tertiary/aromatic N) is 1. The molecule has 3 N–H and O–H groups in total. The molecular weight excluding hydrogens is 412 g/mol. The van der Waals surface area contributed by atoms with E-state index < -0.39 is 42.4 Å². The molecule has 0 spiro atoms. The first-order chi connectivity index (χ1) is 14.5. The number of anilines is 1. The second-order valence-corrected chi connectivity index (χ2v) is 8.30. The summed E-state index contributed by atoms with van der Waals surface area (Å²) in [5.74, 6) is -0.914. The van der Waals surface area contributed by atoms with Gasteiger partial charge in [0.2, 0.25) is 0 Å². The van der Waals surface area contributed by atoms with E-state index in [0.717, 1.165) is 23.6 Å². The lowest BCUT2D eigenvalue weighted by molar-refractivity contribution is -0.103. The largest absolute Gasteiger partial charge is 0.508 e. The first-order valence-corrected chi connectivity index (χ1v) is 9.75. The molecule has 0 amide bonds. The van der Waals surface area contributed by atoms with Gasteiger partial charge in [0.05, 0.1) is 11.2 Å². The van der Waals surface area contributed by atoms with Gasteiger partial charge in [-0.1, -0.05) is 32.0 Å². The van der Waals surface area contributed by atoms with E-state index >= 15 is 0 Å². The highest BCUT2D eigenvalue weighted by molar-refractivity contribution is 5.90. The predicted molar refractivity (Wildman–Crippen MR) is 112 cm³/mol. The molecule has 0 aliphatic carbocycles. The molecule has 0 saturated carbocycles. The van der Waals surface area contributed by atoms with Gasteiger partial charge >= 0.3 is 0 Å². The van der Waals surface area contributed by atoms with Crippen LogP contribution in [-0.2, 0) is 5.41 Å². The Kier molecular flexibility index (Phi) is 6.40. The number of rotatable bonds is 8. The van der Waals surface area contributed by atoms with Crippen LogP contribution in [0.5, 0.6) is 5.75 Å². The molecule has 0 bridgehead atoms. The molecule has 0 fully saturated rings. The quantitative estimate of drug-likeness (QED) is 0.425. The third-order valence-electron chi connectivity index (χ3n) is 5.39. The Morgan fingerprint density at radius 1 is 1.06 bits per heavy atom. The zero-order chi connectivity index (χ0) is 22.8. The van der Waals surface area contributed by atoms with E-state index in [1.807, 2.05) is 12.1 Å². The molecule has 0 radical (unpaired) electrons. The van der Waals surface area contributed by atoms with Crippen LogP contribution in [0.3, 0.4) is 0 Å². The van der Waals surface area contributed by atoms with Crippen LogP contribution in [0.2, 0.25) is 0 Å². The third-order valence-corrected chi connectivity index (χ3v) is 5.39. The van der Waals surface area contributed by atoms with Crippen LogP contribution in [0.4, 0.5) is 23.2 Å². The maximum Gasteiger partial charge on any atom is 0.272 e. The van der Waals surface area contributed by atoms with Crippen molar-refractivity contribution in [2.45, 2.75) is 43.9 Å². The summed E-state index contributed by atoms with van der Waals surface area (Å²) in [7, 11) is 0. The smallest absolute Gasteiger partial charge is 0.272 e. The number of benzene rings is 2. The fourth-order valence-electron chi connectivity index (χ4n) is 3.90. The molecule has 0 saturated heterocycles. The van der Waals surface area contributed by atoms with E-state index in [9.17, 15) is 27.8 Å². The number of para-hydroxylation sites is 1. The molecule has 31 heavy (non-hydrogen) atoms. The normalized spacial score (nSPS) is 15.1. The number of phenols is 1. The van der Waals surface area contributed by atoms with Crippen molar-refractivity contribution in [2.75, 3.05) is 11.9 Å². The van der Waals surface area contributed by atoms with Crippen molar-refractivity contribution in [1.82, 2.24) is 4.98 Å². The average molecular weight is 436 g/mol. The Morgan fingerprint density at radius 3 is 2.48 bits per heavy atom. The van der Waals surface area contributed by atoms with Crippen molar-refractivity contribution in [3.05, 3.63) is 66.1 Å². The summed E-state index contributed by atoms with van der Waals surface area (Å²) < 4.78 is 55.0. The Labute approximate surface area is 177 Å². The SMILES string of the molecule is CC(C)(CC(O)(CNc1cccc2cccnc12)C(F)C(F)F)c1cc(F)ccc1O. The monoisotopic (exact) mass is 436 g/mol. The first kappa shape index (κ1) is 22.8. The van der Waals surface area contributed by atoms with Gasteiger partial charge in [-0.15, -0.1) is 0 Å². The molecule has 8 heteroatoms. The van der Waals surface area contributed by atoms with Gasteiger partial charge in [0.15, 0.2) is 6.17 Å².